The van der Waals surface area contributed by atoms with Crippen LogP contribution in [-0.4, -0.2) is 32.0 Å². The number of carbonyl (C=O) groups excluding carboxylic acids is 1. The van der Waals surface area contributed by atoms with E-state index in [0.29, 0.717) is 11.2 Å². The molecule has 28 heavy (non-hydrogen) atoms. The average Bonchev–Trinajstić information content (AvgIpc) is 3.31. The maximum atomic E-state index is 13.6. The SMILES string of the molecule is O=C(NC1=CC=C1)c1cnn2ccc(N3CCCC3c3cncc(F)c3)nc12. The van der Waals surface area contributed by atoms with Gasteiger partial charge in [0.25, 0.3) is 5.91 Å². The fourth-order valence-electron chi connectivity index (χ4n) is 3.65. The molecule has 0 spiro atoms. The van der Waals surface area contributed by atoms with Gasteiger partial charge in [-0.1, -0.05) is 6.08 Å². The Morgan fingerprint density at radius 2 is 2.18 bits per heavy atom. The molecule has 5 rings (SSSR count). The van der Waals surface area contributed by atoms with E-state index in [4.69, 9.17) is 4.98 Å². The lowest BCUT2D eigenvalue weighted by Gasteiger charge is -2.26. The molecule has 0 aromatic carbocycles. The number of halogens is 1. The molecule has 1 fully saturated rings. The lowest BCUT2D eigenvalue weighted by molar-refractivity contribution is 0.0968. The molecule has 7 nitrogen and oxygen atoms in total. The van der Waals surface area contributed by atoms with Crippen LogP contribution in [0.4, 0.5) is 10.2 Å². The Labute approximate surface area is 160 Å². The van der Waals surface area contributed by atoms with Gasteiger partial charge in [-0.2, -0.15) is 5.10 Å². The average molecular weight is 376 g/mol. The molecule has 4 heterocycles. The molecule has 2 aliphatic rings. The molecule has 0 radical (unpaired) electrons. The molecule has 140 valence electrons. The van der Waals surface area contributed by atoms with Crippen LogP contribution < -0.4 is 10.2 Å². The summed E-state index contributed by atoms with van der Waals surface area (Å²) >= 11 is 0. The first-order valence-corrected chi connectivity index (χ1v) is 9.10. The van der Waals surface area contributed by atoms with Gasteiger partial charge in [0, 0.05) is 24.6 Å². The molecular weight excluding hydrogens is 359 g/mol. The van der Waals surface area contributed by atoms with Crippen molar-refractivity contribution in [2.45, 2.75) is 18.9 Å². The second kappa shape index (κ2) is 6.56. The number of rotatable bonds is 4. The van der Waals surface area contributed by atoms with Crippen LogP contribution in [0.15, 0.2) is 60.8 Å². The number of aromatic nitrogens is 4. The molecule has 3 aromatic heterocycles. The number of anilines is 1. The summed E-state index contributed by atoms with van der Waals surface area (Å²) in [7, 11) is 0. The van der Waals surface area contributed by atoms with Gasteiger partial charge in [0.05, 0.1) is 18.4 Å². The number of allylic oxidation sites excluding steroid dienone is 3. The molecule has 1 aliphatic heterocycles. The Balaban J connectivity index is 1.48. The van der Waals surface area contributed by atoms with Gasteiger partial charge < -0.3 is 10.2 Å². The Morgan fingerprint density at radius 1 is 1.29 bits per heavy atom. The predicted molar refractivity (Wildman–Crippen MR) is 101 cm³/mol. The highest BCUT2D eigenvalue weighted by atomic mass is 19.1. The van der Waals surface area contributed by atoms with E-state index in [1.165, 1.54) is 18.5 Å². The number of nitrogens with zero attached hydrogens (tertiary/aromatic N) is 5. The lowest BCUT2D eigenvalue weighted by atomic mass is 10.1. The van der Waals surface area contributed by atoms with Gasteiger partial charge in [0.2, 0.25) is 0 Å². The van der Waals surface area contributed by atoms with Gasteiger partial charge in [0.15, 0.2) is 5.65 Å². The van der Waals surface area contributed by atoms with Crippen LogP contribution in [0, 0.1) is 5.82 Å². The standard InChI is InChI=1S/C20H17FN6O/c21-14-9-13(10-22-11-14)17-5-2-7-26(17)18-6-8-27-19(25-18)16(12-23-27)20(28)24-15-3-1-4-15/h1,3-4,6,8-12,17H,2,5,7H2,(H,24,28). The summed E-state index contributed by atoms with van der Waals surface area (Å²) in [5.74, 6) is 0.140. The van der Waals surface area contributed by atoms with Crippen LogP contribution in [0.5, 0.6) is 0 Å². The van der Waals surface area contributed by atoms with Crippen LogP contribution in [0.25, 0.3) is 5.65 Å². The summed E-state index contributed by atoms with van der Waals surface area (Å²) in [4.78, 5) is 23.3. The number of pyridine rings is 1. The summed E-state index contributed by atoms with van der Waals surface area (Å²) in [6.07, 6.45) is 13.6. The van der Waals surface area contributed by atoms with Gasteiger partial charge in [-0.3, -0.25) is 9.78 Å². The van der Waals surface area contributed by atoms with Crippen molar-refractivity contribution in [3.05, 3.63) is 77.8 Å². The second-order valence-corrected chi connectivity index (χ2v) is 6.84. The second-order valence-electron chi connectivity index (χ2n) is 6.84. The van der Waals surface area contributed by atoms with Crippen LogP contribution >= 0.6 is 0 Å². The maximum Gasteiger partial charge on any atom is 0.261 e. The molecule has 1 saturated heterocycles. The number of fused-ring (bicyclic) bond motifs is 1. The Morgan fingerprint density at radius 3 is 2.96 bits per heavy atom. The summed E-state index contributed by atoms with van der Waals surface area (Å²) in [5.41, 5.74) is 2.49. The minimum absolute atomic E-state index is 0.00335. The largest absolute Gasteiger partial charge is 0.349 e. The van der Waals surface area contributed by atoms with Gasteiger partial charge in [-0.05, 0) is 42.7 Å². The molecule has 1 aliphatic carbocycles. The molecule has 0 bridgehead atoms. The highest BCUT2D eigenvalue weighted by Gasteiger charge is 2.28. The molecule has 1 N–H and O–H groups in total. The van der Waals surface area contributed by atoms with E-state index in [2.05, 4.69) is 20.3 Å². The first-order chi connectivity index (χ1) is 13.7. The smallest absolute Gasteiger partial charge is 0.261 e. The van der Waals surface area contributed by atoms with E-state index in [1.807, 2.05) is 24.3 Å². The first-order valence-electron chi connectivity index (χ1n) is 9.10. The van der Waals surface area contributed by atoms with Crippen LogP contribution in [-0.2, 0) is 0 Å². The summed E-state index contributed by atoms with van der Waals surface area (Å²) in [6.45, 7) is 0.803. The van der Waals surface area contributed by atoms with Crippen molar-refractivity contribution in [2.24, 2.45) is 0 Å². The molecular formula is C20H17FN6O. The maximum absolute atomic E-state index is 13.6. The third kappa shape index (κ3) is 2.83. The molecule has 1 unspecified atom stereocenters. The fraction of sp³-hybridized carbons (Fsp3) is 0.200. The molecule has 8 heteroatoms. The van der Waals surface area contributed by atoms with Crippen molar-refractivity contribution in [3.8, 4) is 0 Å². The van der Waals surface area contributed by atoms with E-state index in [1.54, 1.807) is 16.9 Å². The van der Waals surface area contributed by atoms with Crippen LogP contribution in [0.2, 0.25) is 0 Å². The molecule has 1 amide bonds. The van der Waals surface area contributed by atoms with E-state index < -0.39 is 0 Å². The number of nitrogens with one attached hydrogen (secondary N) is 1. The summed E-state index contributed by atoms with van der Waals surface area (Å²) in [5, 5.41) is 7.04. The van der Waals surface area contributed by atoms with Crippen LogP contribution in [0.3, 0.4) is 0 Å². The third-order valence-corrected chi connectivity index (χ3v) is 5.07. The zero-order valence-corrected chi connectivity index (χ0v) is 14.9. The van der Waals surface area contributed by atoms with Crippen molar-refractivity contribution in [1.82, 2.24) is 24.9 Å². The molecule has 0 saturated carbocycles. The minimum Gasteiger partial charge on any atom is -0.349 e. The quantitative estimate of drug-likeness (QED) is 0.758. The van der Waals surface area contributed by atoms with E-state index in [-0.39, 0.29) is 17.8 Å². The van der Waals surface area contributed by atoms with Gasteiger partial charge in [0.1, 0.15) is 17.2 Å². The Bertz CT molecular complexity index is 1130. The summed E-state index contributed by atoms with van der Waals surface area (Å²) < 4.78 is 15.2. The highest BCUT2D eigenvalue weighted by Crippen LogP contribution is 2.35. The predicted octanol–water partition coefficient (Wildman–Crippen LogP) is 2.79. The van der Waals surface area contributed by atoms with Crippen molar-refractivity contribution < 1.29 is 9.18 Å². The van der Waals surface area contributed by atoms with Crippen molar-refractivity contribution in [3.63, 3.8) is 0 Å². The third-order valence-electron chi connectivity index (χ3n) is 5.07. The minimum atomic E-state index is -0.346. The van der Waals surface area contributed by atoms with Crippen molar-refractivity contribution >= 4 is 17.4 Å². The number of hydrogen-bond donors (Lipinski definition) is 1. The van der Waals surface area contributed by atoms with Crippen LogP contribution in [0.1, 0.15) is 34.8 Å². The number of carbonyl (C=O) groups is 1. The monoisotopic (exact) mass is 376 g/mol. The summed E-state index contributed by atoms with van der Waals surface area (Å²) in [6, 6.07) is 3.39. The fourth-order valence-corrected chi connectivity index (χ4v) is 3.65. The van der Waals surface area contributed by atoms with E-state index >= 15 is 0 Å². The van der Waals surface area contributed by atoms with Gasteiger partial charge in [-0.25, -0.2) is 13.9 Å². The van der Waals surface area contributed by atoms with Crippen molar-refractivity contribution in [2.75, 3.05) is 11.4 Å². The Hall–Kier alpha value is -3.55. The van der Waals surface area contributed by atoms with Gasteiger partial charge in [-0.15, -0.1) is 0 Å². The number of hydrogen-bond acceptors (Lipinski definition) is 5. The Kier molecular flexibility index (Phi) is 3.89. The van der Waals surface area contributed by atoms with Gasteiger partial charge >= 0.3 is 0 Å². The normalized spacial score (nSPS) is 18.2. The van der Waals surface area contributed by atoms with E-state index in [9.17, 15) is 9.18 Å². The zero-order chi connectivity index (χ0) is 19.1. The number of amides is 1. The highest BCUT2D eigenvalue weighted by molar-refractivity contribution is 6.01. The van der Waals surface area contributed by atoms with E-state index in [0.717, 1.165) is 36.5 Å². The van der Waals surface area contributed by atoms with Crippen molar-refractivity contribution in [1.29, 1.82) is 0 Å². The zero-order valence-electron chi connectivity index (χ0n) is 14.9. The molecule has 3 aromatic rings. The topological polar surface area (TPSA) is 75.4 Å². The first kappa shape index (κ1) is 16.6. The lowest BCUT2D eigenvalue weighted by Crippen LogP contribution is -2.25. The molecule has 1 atom stereocenters.